The van der Waals surface area contributed by atoms with Crippen LogP contribution in [0.1, 0.15) is 26.3 Å². The molecule has 0 bridgehead atoms. The first-order valence-electron chi connectivity index (χ1n) is 6.37. The fourth-order valence-electron chi connectivity index (χ4n) is 1.41. The molecule has 8 heteroatoms. The minimum Gasteiger partial charge on any atom is -0.406 e. The molecule has 1 aromatic rings. The van der Waals surface area contributed by atoms with E-state index in [-0.39, 0.29) is 12.4 Å². The third-order valence-corrected chi connectivity index (χ3v) is 3.83. The van der Waals surface area contributed by atoms with Crippen LogP contribution in [0.4, 0.5) is 13.2 Å². The summed E-state index contributed by atoms with van der Waals surface area (Å²) in [6, 6.07) is 5.33. The van der Waals surface area contributed by atoms with Crippen LogP contribution in [0.2, 0.25) is 0 Å². The van der Waals surface area contributed by atoms with E-state index in [0.717, 1.165) is 0 Å². The molecule has 0 fully saturated rings. The fourth-order valence-corrected chi connectivity index (χ4v) is 2.04. The van der Waals surface area contributed by atoms with Gasteiger partial charge in [-0.3, -0.25) is 0 Å². The minimum atomic E-state index is -4.77. The lowest BCUT2D eigenvalue weighted by Gasteiger charge is -2.15. The molecule has 0 aliphatic heterocycles. The van der Waals surface area contributed by atoms with E-state index in [0.29, 0.717) is 11.3 Å². The van der Waals surface area contributed by atoms with E-state index < -0.39 is 22.1 Å². The van der Waals surface area contributed by atoms with Crippen LogP contribution in [0, 0.1) is 0 Å². The van der Waals surface area contributed by atoms with Gasteiger partial charge in [-0.25, -0.2) is 4.21 Å². The van der Waals surface area contributed by atoms with Crippen molar-refractivity contribution in [2.75, 3.05) is 13.7 Å². The van der Waals surface area contributed by atoms with Gasteiger partial charge in [0.15, 0.2) is 0 Å². The van der Waals surface area contributed by atoms with Crippen molar-refractivity contribution in [3.8, 4) is 5.75 Å². The smallest absolute Gasteiger partial charge is 0.406 e. The Morgan fingerprint density at radius 3 is 2.41 bits per heavy atom. The zero-order chi connectivity index (χ0) is 17.0. The molecular formula is C14H18F3NO3S. The molecule has 0 radical (unpaired) electrons. The Balaban J connectivity index is 3.14. The highest BCUT2D eigenvalue weighted by molar-refractivity contribution is 7.85. The van der Waals surface area contributed by atoms with Gasteiger partial charge in [-0.2, -0.15) is 4.40 Å². The Morgan fingerprint density at radius 2 is 1.91 bits per heavy atom. The van der Waals surface area contributed by atoms with E-state index in [9.17, 15) is 17.4 Å². The zero-order valence-corrected chi connectivity index (χ0v) is 13.5. The number of nitrogens with zero attached hydrogens (tertiary/aromatic N) is 1. The molecule has 1 rings (SSSR count). The summed E-state index contributed by atoms with van der Waals surface area (Å²) in [6.07, 6.45) is -4.77. The number of hydrogen-bond donors (Lipinski definition) is 0. The first-order chi connectivity index (χ1) is 10.0. The summed E-state index contributed by atoms with van der Waals surface area (Å²) in [5, 5.41) is 0. The number of benzene rings is 1. The van der Waals surface area contributed by atoms with E-state index in [1.54, 1.807) is 26.8 Å². The number of halogens is 3. The summed E-state index contributed by atoms with van der Waals surface area (Å²) >= 11 is 0. The molecule has 0 amide bonds. The van der Waals surface area contributed by atoms with E-state index >= 15 is 0 Å². The first-order valence-corrected chi connectivity index (χ1v) is 7.48. The average molecular weight is 337 g/mol. The Labute approximate surface area is 129 Å². The minimum absolute atomic E-state index is 0.0251. The van der Waals surface area contributed by atoms with Gasteiger partial charge < -0.3 is 9.47 Å². The topological polar surface area (TPSA) is 47.9 Å². The van der Waals surface area contributed by atoms with Gasteiger partial charge in [-0.15, -0.1) is 13.2 Å². The van der Waals surface area contributed by atoms with Crippen LogP contribution in [0.5, 0.6) is 5.75 Å². The predicted octanol–water partition coefficient (Wildman–Crippen LogP) is 3.48. The summed E-state index contributed by atoms with van der Waals surface area (Å²) in [7, 11) is -0.128. The van der Waals surface area contributed by atoms with E-state index in [1.165, 1.54) is 25.3 Å². The van der Waals surface area contributed by atoms with E-state index in [1.807, 2.05) is 0 Å². The van der Waals surface area contributed by atoms with Gasteiger partial charge in [0.05, 0.1) is 17.1 Å². The van der Waals surface area contributed by atoms with Crippen molar-refractivity contribution in [1.82, 2.24) is 0 Å². The Morgan fingerprint density at radius 1 is 1.27 bits per heavy atom. The van der Waals surface area contributed by atoms with Crippen LogP contribution in [-0.2, 0) is 15.7 Å². The summed E-state index contributed by atoms with van der Waals surface area (Å²) in [5.74, 6) is -0.365. The SMILES string of the molecule is COCC(=NS(=O)C(C)(C)C)c1cccc(OC(F)(F)F)c1. The summed E-state index contributed by atoms with van der Waals surface area (Å²) in [6.45, 7) is 5.28. The predicted molar refractivity (Wildman–Crippen MR) is 79.4 cm³/mol. The lowest BCUT2D eigenvalue weighted by atomic mass is 10.1. The second-order valence-electron chi connectivity index (χ2n) is 5.41. The van der Waals surface area contributed by atoms with Gasteiger partial charge >= 0.3 is 6.36 Å². The molecule has 0 saturated heterocycles. The molecule has 1 atom stereocenters. The van der Waals surface area contributed by atoms with Gasteiger partial charge in [0.1, 0.15) is 16.7 Å². The Bertz CT molecular complexity index is 565. The molecular weight excluding hydrogens is 319 g/mol. The molecule has 0 spiro atoms. The molecule has 1 aromatic carbocycles. The maximum atomic E-state index is 12.3. The van der Waals surface area contributed by atoms with Crippen molar-refractivity contribution < 1.29 is 26.9 Å². The second kappa shape index (κ2) is 7.23. The third-order valence-electron chi connectivity index (χ3n) is 2.40. The Kier molecular flexibility index (Phi) is 6.13. The summed E-state index contributed by atoms with van der Waals surface area (Å²) in [5.41, 5.74) is 0.657. The fraction of sp³-hybridized carbons (Fsp3) is 0.500. The number of hydrogen-bond acceptors (Lipinski definition) is 3. The molecule has 1 unspecified atom stereocenters. The number of alkyl halides is 3. The van der Waals surface area contributed by atoms with Crippen LogP contribution in [-0.4, -0.2) is 34.7 Å². The Hall–Kier alpha value is -1.41. The van der Waals surface area contributed by atoms with Gasteiger partial charge in [0.2, 0.25) is 0 Å². The van der Waals surface area contributed by atoms with Crippen LogP contribution < -0.4 is 4.74 Å². The van der Waals surface area contributed by atoms with Crippen molar-refractivity contribution in [3.05, 3.63) is 29.8 Å². The summed E-state index contributed by atoms with van der Waals surface area (Å²) < 4.78 is 61.2. The molecule has 0 saturated carbocycles. The zero-order valence-electron chi connectivity index (χ0n) is 12.7. The largest absolute Gasteiger partial charge is 0.573 e. The highest BCUT2D eigenvalue weighted by Crippen LogP contribution is 2.24. The maximum Gasteiger partial charge on any atom is 0.573 e. The van der Waals surface area contributed by atoms with E-state index in [4.69, 9.17) is 4.74 Å². The van der Waals surface area contributed by atoms with Crippen molar-refractivity contribution in [3.63, 3.8) is 0 Å². The summed E-state index contributed by atoms with van der Waals surface area (Å²) in [4.78, 5) is 0. The molecule has 22 heavy (non-hydrogen) atoms. The van der Waals surface area contributed by atoms with Gasteiger partial charge in [0.25, 0.3) is 0 Å². The molecule has 0 N–H and O–H groups in total. The third kappa shape index (κ3) is 6.15. The lowest BCUT2D eigenvalue weighted by Crippen LogP contribution is -2.22. The molecule has 124 valence electrons. The van der Waals surface area contributed by atoms with Gasteiger partial charge in [0, 0.05) is 12.7 Å². The standard InChI is InChI=1S/C14H18F3NO3S/c1-13(2,3)22(19)18-12(9-20-4)10-6-5-7-11(8-10)21-14(15,16)17/h5-8H,9H2,1-4H3. The highest BCUT2D eigenvalue weighted by Gasteiger charge is 2.31. The maximum absolute atomic E-state index is 12.3. The number of rotatable bonds is 5. The van der Waals surface area contributed by atoms with Crippen LogP contribution in [0.3, 0.4) is 0 Å². The molecule has 4 nitrogen and oxygen atoms in total. The van der Waals surface area contributed by atoms with Crippen LogP contribution >= 0.6 is 0 Å². The first kappa shape index (κ1) is 18.6. The monoisotopic (exact) mass is 337 g/mol. The molecule has 0 heterocycles. The molecule has 0 aromatic heterocycles. The van der Waals surface area contributed by atoms with Crippen molar-refractivity contribution in [2.24, 2.45) is 4.40 Å². The van der Waals surface area contributed by atoms with Gasteiger partial charge in [-0.1, -0.05) is 12.1 Å². The van der Waals surface area contributed by atoms with Crippen molar-refractivity contribution >= 4 is 16.7 Å². The number of methoxy groups -OCH3 is 1. The van der Waals surface area contributed by atoms with Crippen molar-refractivity contribution in [2.45, 2.75) is 31.9 Å². The lowest BCUT2D eigenvalue weighted by molar-refractivity contribution is -0.274. The normalized spacial score (nSPS) is 14.8. The van der Waals surface area contributed by atoms with Gasteiger partial charge in [-0.05, 0) is 32.9 Å². The second-order valence-corrected chi connectivity index (χ2v) is 7.31. The quantitative estimate of drug-likeness (QED) is 0.773. The van der Waals surface area contributed by atoms with Crippen LogP contribution in [0.15, 0.2) is 28.7 Å². The highest BCUT2D eigenvalue weighted by atomic mass is 32.2. The van der Waals surface area contributed by atoms with Crippen molar-refractivity contribution in [1.29, 1.82) is 0 Å². The average Bonchev–Trinajstić information content (AvgIpc) is 2.35. The van der Waals surface area contributed by atoms with Crippen LogP contribution in [0.25, 0.3) is 0 Å². The number of ether oxygens (including phenoxy) is 2. The van der Waals surface area contributed by atoms with E-state index in [2.05, 4.69) is 9.13 Å². The molecule has 0 aliphatic carbocycles. The molecule has 0 aliphatic rings.